The molecule has 0 aromatic rings. The Morgan fingerprint density at radius 3 is 2.00 bits per heavy atom. The lowest BCUT2D eigenvalue weighted by Gasteiger charge is -2.17. The third kappa shape index (κ3) is 8.86. The van der Waals surface area contributed by atoms with Gasteiger partial charge >= 0.3 is 12.1 Å². The number of amides is 4. The van der Waals surface area contributed by atoms with Crippen LogP contribution in [0.4, 0.5) is 9.59 Å². The van der Waals surface area contributed by atoms with E-state index in [-0.39, 0.29) is 0 Å². The lowest BCUT2D eigenvalue weighted by atomic mass is 10.1. The van der Waals surface area contributed by atoms with Gasteiger partial charge in [-0.05, 0) is 12.8 Å². The molecule has 0 unspecified atom stereocenters. The summed E-state index contributed by atoms with van der Waals surface area (Å²) in [6.45, 7) is 2.11. The molecular formula is C9H20N4O2. The first-order valence-corrected chi connectivity index (χ1v) is 5.18. The Bertz CT molecular complexity index is 192. The van der Waals surface area contributed by atoms with E-state index in [2.05, 4.69) is 17.6 Å². The zero-order chi connectivity index (χ0) is 11.7. The minimum absolute atomic E-state index is 0.461. The summed E-state index contributed by atoms with van der Waals surface area (Å²) in [6.07, 6.45) is 4.44. The Hall–Kier alpha value is -1.46. The zero-order valence-corrected chi connectivity index (χ0v) is 9.08. The first-order valence-electron chi connectivity index (χ1n) is 5.18. The zero-order valence-electron chi connectivity index (χ0n) is 9.08. The van der Waals surface area contributed by atoms with Crippen molar-refractivity contribution in [2.45, 2.75) is 45.2 Å². The highest BCUT2D eigenvalue weighted by atomic mass is 16.2. The minimum atomic E-state index is -0.663. The van der Waals surface area contributed by atoms with E-state index >= 15 is 0 Å². The van der Waals surface area contributed by atoms with Gasteiger partial charge in [-0.15, -0.1) is 0 Å². The first kappa shape index (κ1) is 13.5. The predicted octanol–water partition coefficient (Wildman–Crippen LogP) is 0.620. The summed E-state index contributed by atoms with van der Waals surface area (Å²) in [4.78, 5) is 21.2. The molecule has 0 rings (SSSR count). The summed E-state index contributed by atoms with van der Waals surface area (Å²) in [7, 11) is 0. The van der Waals surface area contributed by atoms with Crippen molar-refractivity contribution < 1.29 is 9.59 Å². The summed E-state index contributed by atoms with van der Waals surface area (Å²) >= 11 is 0. The van der Waals surface area contributed by atoms with Crippen molar-refractivity contribution >= 4 is 12.1 Å². The predicted molar refractivity (Wildman–Crippen MR) is 58.0 cm³/mol. The fraction of sp³-hybridized carbons (Fsp3) is 0.778. The lowest BCUT2D eigenvalue weighted by molar-refractivity contribution is 0.232. The van der Waals surface area contributed by atoms with E-state index in [9.17, 15) is 9.59 Å². The van der Waals surface area contributed by atoms with Gasteiger partial charge < -0.3 is 22.1 Å². The van der Waals surface area contributed by atoms with Crippen molar-refractivity contribution in [1.29, 1.82) is 0 Å². The molecule has 0 radical (unpaired) electrons. The maximum Gasteiger partial charge on any atom is 0.313 e. The van der Waals surface area contributed by atoms with Gasteiger partial charge in [0, 0.05) is 0 Å². The van der Waals surface area contributed by atoms with Gasteiger partial charge in [0.25, 0.3) is 0 Å². The standard InChI is InChI=1S/C9H20N4O2/c1-2-3-4-5-6-7(12-8(10)14)13-9(11)15/h7H,2-6H2,1H3,(H3,10,12,14)(H3,11,13,15). The maximum absolute atomic E-state index is 10.6. The summed E-state index contributed by atoms with van der Waals surface area (Å²) < 4.78 is 0. The number of nitrogens with two attached hydrogens (primary N) is 2. The van der Waals surface area contributed by atoms with Gasteiger partial charge in [0.15, 0.2) is 0 Å². The van der Waals surface area contributed by atoms with Crippen LogP contribution in [0.2, 0.25) is 0 Å². The molecule has 0 heterocycles. The molecule has 6 N–H and O–H groups in total. The van der Waals surface area contributed by atoms with Gasteiger partial charge in [-0.2, -0.15) is 0 Å². The van der Waals surface area contributed by atoms with Gasteiger partial charge in [0.2, 0.25) is 0 Å². The Morgan fingerprint density at radius 2 is 1.60 bits per heavy atom. The van der Waals surface area contributed by atoms with Crippen LogP contribution in [0, 0.1) is 0 Å². The molecular weight excluding hydrogens is 196 g/mol. The van der Waals surface area contributed by atoms with Crippen LogP contribution in [0.15, 0.2) is 0 Å². The fourth-order valence-corrected chi connectivity index (χ4v) is 1.30. The molecule has 15 heavy (non-hydrogen) atoms. The van der Waals surface area contributed by atoms with Crippen LogP contribution in [0.1, 0.15) is 39.0 Å². The highest BCUT2D eigenvalue weighted by Gasteiger charge is 2.10. The number of carbonyl (C=O) groups excluding carboxylic acids is 2. The van der Waals surface area contributed by atoms with Gasteiger partial charge in [0.1, 0.15) is 6.17 Å². The molecule has 0 atom stereocenters. The monoisotopic (exact) mass is 216 g/mol. The molecule has 0 aliphatic carbocycles. The average molecular weight is 216 g/mol. The van der Waals surface area contributed by atoms with E-state index < -0.39 is 18.2 Å². The minimum Gasteiger partial charge on any atom is -0.352 e. The molecule has 0 saturated heterocycles. The quantitative estimate of drug-likeness (QED) is 0.369. The van der Waals surface area contributed by atoms with Crippen LogP contribution in [0.3, 0.4) is 0 Å². The second-order valence-electron chi connectivity index (χ2n) is 3.42. The van der Waals surface area contributed by atoms with Crippen molar-refractivity contribution in [1.82, 2.24) is 10.6 Å². The second-order valence-corrected chi connectivity index (χ2v) is 3.42. The van der Waals surface area contributed by atoms with Gasteiger partial charge in [-0.1, -0.05) is 26.2 Å². The van der Waals surface area contributed by atoms with E-state index in [4.69, 9.17) is 11.5 Å². The number of primary amides is 2. The molecule has 0 aromatic heterocycles. The summed E-state index contributed by atoms with van der Waals surface area (Å²) in [5.41, 5.74) is 9.91. The molecule has 6 heteroatoms. The van der Waals surface area contributed by atoms with Gasteiger partial charge in [-0.25, -0.2) is 9.59 Å². The average Bonchev–Trinajstić information content (AvgIpc) is 2.10. The molecule has 0 aromatic carbocycles. The molecule has 0 spiro atoms. The van der Waals surface area contributed by atoms with E-state index in [1.165, 1.54) is 0 Å². The molecule has 4 amide bonds. The topological polar surface area (TPSA) is 110 Å². The SMILES string of the molecule is CCCCCCC(NC(N)=O)NC(N)=O. The molecule has 0 aliphatic rings. The van der Waals surface area contributed by atoms with Crippen molar-refractivity contribution in [2.75, 3.05) is 0 Å². The number of carbonyl (C=O) groups is 2. The molecule has 0 fully saturated rings. The third-order valence-electron chi connectivity index (χ3n) is 1.98. The van der Waals surface area contributed by atoms with Crippen LogP contribution >= 0.6 is 0 Å². The molecule has 6 nitrogen and oxygen atoms in total. The molecule has 88 valence electrons. The van der Waals surface area contributed by atoms with Crippen molar-refractivity contribution in [3.63, 3.8) is 0 Å². The Balaban J connectivity index is 3.79. The maximum atomic E-state index is 10.6. The fourth-order valence-electron chi connectivity index (χ4n) is 1.30. The highest BCUT2D eigenvalue weighted by Crippen LogP contribution is 2.04. The second kappa shape index (κ2) is 7.90. The van der Waals surface area contributed by atoms with Crippen LogP contribution in [0.5, 0.6) is 0 Å². The summed E-state index contributed by atoms with van der Waals surface area (Å²) in [5, 5.41) is 4.83. The largest absolute Gasteiger partial charge is 0.352 e. The molecule has 0 aliphatic heterocycles. The lowest BCUT2D eigenvalue weighted by Crippen LogP contribution is -2.51. The number of hydrogen-bond acceptors (Lipinski definition) is 2. The van der Waals surface area contributed by atoms with Crippen molar-refractivity contribution in [3.05, 3.63) is 0 Å². The summed E-state index contributed by atoms with van der Waals surface area (Å²) in [6, 6.07) is -1.33. The van der Waals surface area contributed by atoms with Crippen LogP contribution in [0.25, 0.3) is 0 Å². The van der Waals surface area contributed by atoms with Crippen LogP contribution in [-0.4, -0.2) is 18.2 Å². The van der Waals surface area contributed by atoms with Crippen LogP contribution in [-0.2, 0) is 0 Å². The third-order valence-corrected chi connectivity index (χ3v) is 1.98. The van der Waals surface area contributed by atoms with E-state index in [1.807, 2.05) is 0 Å². The first-order chi connectivity index (χ1) is 7.06. The van der Waals surface area contributed by atoms with Crippen LogP contribution < -0.4 is 22.1 Å². The Labute approximate surface area is 89.8 Å². The number of unbranched alkanes of at least 4 members (excludes halogenated alkanes) is 3. The van der Waals surface area contributed by atoms with Crippen molar-refractivity contribution in [3.8, 4) is 0 Å². The molecule has 0 bridgehead atoms. The normalized spacial score (nSPS) is 10.0. The van der Waals surface area contributed by atoms with E-state index in [0.29, 0.717) is 6.42 Å². The molecule has 0 saturated carbocycles. The smallest absolute Gasteiger partial charge is 0.313 e. The van der Waals surface area contributed by atoms with E-state index in [1.54, 1.807) is 0 Å². The van der Waals surface area contributed by atoms with Gasteiger partial charge in [-0.3, -0.25) is 0 Å². The number of hydrogen-bond donors (Lipinski definition) is 4. The van der Waals surface area contributed by atoms with E-state index in [0.717, 1.165) is 25.7 Å². The number of rotatable bonds is 7. The van der Waals surface area contributed by atoms with Gasteiger partial charge in [0.05, 0.1) is 0 Å². The Kier molecular flexibility index (Phi) is 7.13. The summed E-state index contributed by atoms with van der Waals surface area (Å²) in [5.74, 6) is 0. The van der Waals surface area contributed by atoms with Crippen molar-refractivity contribution in [2.24, 2.45) is 11.5 Å². The number of nitrogens with one attached hydrogen (secondary N) is 2. The number of urea groups is 2. The highest BCUT2D eigenvalue weighted by molar-refractivity contribution is 5.75. The Morgan fingerprint density at radius 1 is 1.07 bits per heavy atom.